The maximum Gasteiger partial charge on any atom is -0.00117 e. The van der Waals surface area contributed by atoms with Gasteiger partial charge in [-0.1, -0.05) is 18.9 Å². The van der Waals surface area contributed by atoms with Gasteiger partial charge in [0.15, 0.2) is 0 Å². The fourth-order valence-electron chi connectivity index (χ4n) is 2.12. The molecule has 1 saturated carbocycles. The molecule has 1 rings (SSSR count). The highest BCUT2D eigenvalue weighted by Crippen LogP contribution is 2.29. The van der Waals surface area contributed by atoms with Gasteiger partial charge in [-0.3, -0.25) is 0 Å². The third kappa shape index (κ3) is 4.47. The van der Waals surface area contributed by atoms with Crippen LogP contribution in [0.1, 0.15) is 39.5 Å². The van der Waals surface area contributed by atoms with E-state index in [0.717, 1.165) is 24.8 Å². The molecule has 1 aliphatic rings. The summed E-state index contributed by atoms with van der Waals surface area (Å²) < 4.78 is 0. The number of nitrogens with one attached hydrogen (secondary N) is 1. The average molecular weight is 181 g/mol. The summed E-state index contributed by atoms with van der Waals surface area (Å²) in [6, 6.07) is 0. The number of hydrogen-bond acceptors (Lipinski definition) is 1. The molecule has 0 aromatic rings. The molecule has 2 atom stereocenters. The van der Waals surface area contributed by atoms with Crippen molar-refractivity contribution in [3.8, 4) is 0 Å². The van der Waals surface area contributed by atoms with Crippen LogP contribution in [-0.2, 0) is 0 Å². The Morgan fingerprint density at radius 1 is 1.46 bits per heavy atom. The zero-order chi connectivity index (χ0) is 9.68. The first-order chi connectivity index (χ1) is 6.18. The smallest absolute Gasteiger partial charge is 0.00117 e. The summed E-state index contributed by atoms with van der Waals surface area (Å²) in [6.45, 7) is 10.7. The molecule has 0 radical (unpaired) electrons. The van der Waals surface area contributed by atoms with Gasteiger partial charge in [-0.05, 0) is 51.1 Å². The second-order valence-corrected chi connectivity index (χ2v) is 4.70. The Hall–Kier alpha value is -0.300. The first-order valence-corrected chi connectivity index (χ1v) is 5.53. The molecule has 0 aliphatic heterocycles. The maximum atomic E-state index is 3.90. The second-order valence-electron chi connectivity index (χ2n) is 4.70. The van der Waals surface area contributed by atoms with Gasteiger partial charge >= 0.3 is 0 Å². The third-order valence-electron chi connectivity index (χ3n) is 2.96. The molecule has 0 aromatic heterocycles. The van der Waals surface area contributed by atoms with Gasteiger partial charge in [0.2, 0.25) is 0 Å². The van der Waals surface area contributed by atoms with E-state index in [-0.39, 0.29) is 0 Å². The van der Waals surface area contributed by atoms with Gasteiger partial charge in [0, 0.05) is 0 Å². The van der Waals surface area contributed by atoms with E-state index in [0.29, 0.717) is 0 Å². The van der Waals surface area contributed by atoms with Crippen LogP contribution in [0.5, 0.6) is 0 Å². The van der Waals surface area contributed by atoms with E-state index in [1.54, 1.807) is 0 Å². The van der Waals surface area contributed by atoms with Gasteiger partial charge < -0.3 is 5.32 Å². The van der Waals surface area contributed by atoms with E-state index in [2.05, 4.69) is 25.7 Å². The van der Waals surface area contributed by atoms with Crippen LogP contribution in [0.15, 0.2) is 12.2 Å². The maximum absolute atomic E-state index is 3.90. The quantitative estimate of drug-likeness (QED) is 0.508. The SMILES string of the molecule is C=C(C)CCNCC1CCC(C)C1. The molecular formula is C12H23N. The predicted molar refractivity (Wildman–Crippen MR) is 58.8 cm³/mol. The fraction of sp³-hybridized carbons (Fsp3) is 0.833. The molecule has 1 aliphatic carbocycles. The van der Waals surface area contributed by atoms with Crippen molar-refractivity contribution in [1.82, 2.24) is 5.32 Å². The van der Waals surface area contributed by atoms with Crippen molar-refractivity contribution in [2.24, 2.45) is 11.8 Å². The third-order valence-corrected chi connectivity index (χ3v) is 2.96. The molecule has 0 spiro atoms. The summed E-state index contributed by atoms with van der Waals surface area (Å²) in [6.07, 6.45) is 5.43. The molecule has 0 aromatic carbocycles. The lowest BCUT2D eigenvalue weighted by molar-refractivity contribution is 0.472. The Morgan fingerprint density at radius 3 is 2.77 bits per heavy atom. The zero-order valence-electron chi connectivity index (χ0n) is 9.10. The van der Waals surface area contributed by atoms with Gasteiger partial charge in [-0.25, -0.2) is 0 Å². The highest BCUT2D eigenvalue weighted by atomic mass is 14.9. The van der Waals surface area contributed by atoms with Crippen LogP contribution in [0.25, 0.3) is 0 Å². The van der Waals surface area contributed by atoms with Crippen molar-refractivity contribution in [2.45, 2.75) is 39.5 Å². The minimum atomic E-state index is 0.945. The molecule has 2 unspecified atom stereocenters. The predicted octanol–water partition coefficient (Wildman–Crippen LogP) is 2.98. The Bertz CT molecular complexity index is 163. The molecule has 0 heterocycles. The van der Waals surface area contributed by atoms with Crippen LogP contribution in [0, 0.1) is 11.8 Å². The van der Waals surface area contributed by atoms with E-state index < -0.39 is 0 Å². The van der Waals surface area contributed by atoms with Crippen molar-refractivity contribution in [1.29, 1.82) is 0 Å². The summed E-state index contributed by atoms with van der Waals surface area (Å²) in [5.74, 6) is 1.91. The second kappa shape index (κ2) is 5.43. The first kappa shape index (κ1) is 10.8. The number of rotatable bonds is 5. The van der Waals surface area contributed by atoms with Crippen molar-refractivity contribution >= 4 is 0 Å². The lowest BCUT2D eigenvalue weighted by Gasteiger charge is -2.10. The molecule has 76 valence electrons. The van der Waals surface area contributed by atoms with Gasteiger partial charge in [-0.2, -0.15) is 0 Å². The Kier molecular flexibility index (Phi) is 4.51. The molecule has 0 amide bonds. The lowest BCUT2D eigenvalue weighted by Crippen LogP contribution is -2.22. The number of hydrogen-bond donors (Lipinski definition) is 1. The van der Waals surface area contributed by atoms with Crippen LogP contribution in [0.3, 0.4) is 0 Å². The molecule has 1 heteroatoms. The largest absolute Gasteiger partial charge is 0.316 e. The molecule has 1 nitrogen and oxygen atoms in total. The molecule has 0 bridgehead atoms. The zero-order valence-corrected chi connectivity index (χ0v) is 9.10. The van der Waals surface area contributed by atoms with E-state index >= 15 is 0 Å². The Morgan fingerprint density at radius 2 is 2.23 bits per heavy atom. The normalized spacial score (nSPS) is 27.8. The molecular weight excluding hydrogens is 158 g/mol. The van der Waals surface area contributed by atoms with Crippen LogP contribution in [-0.4, -0.2) is 13.1 Å². The molecule has 13 heavy (non-hydrogen) atoms. The summed E-state index contributed by atoms with van der Waals surface area (Å²) in [4.78, 5) is 0. The van der Waals surface area contributed by atoms with E-state index in [9.17, 15) is 0 Å². The van der Waals surface area contributed by atoms with Crippen molar-refractivity contribution in [2.75, 3.05) is 13.1 Å². The molecule has 1 fully saturated rings. The first-order valence-electron chi connectivity index (χ1n) is 5.53. The van der Waals surface area contributed by atoms with Gasteiger partial charge in [-0.15, -0.1) is 6.58 Å². The monoisotopic (exact) mass is 181 g/mol. The Balaban J connectivity index is 1.97. The van der Waals surface area contributed by atoms with Crippen LogP contribution in [0.2, 0.25) is 0 Å². The summed E-state index contributed by atoms with van der Waals surface area (Å²) in [5.41, 5.74) is 1.28. The van der Waals surface area contributed by atoms with Gasteiger partial charge in [0.1, 0.15) is 0 Å². The van der Waals surface area contributed by atoms with Gasteiger partial charge in [0.25, 0.3) is 0 Å². The van der Waals surface area contributed by atoms with E-state index in [4.69, 9.17) is 0 Å². The summed E-state index contributed by atoms with van der Waals surface area (Å²) in [7, 11) is 0. The Labute approximate surface area is 82.6 Å². The fourth-order valence-corrected chi connectivity index (χ4v) is 2.12. The summed E-state index contributed by atoms with van der Waals surface area (Å²) in [5, 5.41) is 3.52. The minimum absolute atomic E-state index is 0.945. The molecule has 0 saturated heterocycles. The molecule has 1 N–H and O–H groups in total. The highest BCUT2D eigenvalue weighted by molar-refractivity contribution is 4.88. The van der Waals surface area contributed by atoms with E-state index in [1.165, 1.54) is 31.4 Å². The topological polar surface area (TPSA) is 12.0 Å². The van der Waals surface area contributed by atoms with Gasteiger partial charge in [0.05, 0.1) is 0 Å². The van der Waals surface area contributed by atoms with Crippen molar-refractivity contribution in [3.63, 3.8) is 0 Å². The standard InChI is InChI=1S/C12H23N/c1-10(2)6-7-13-9-12-5-4-11(3)8-12/h11-13H,1,4-9H2,2-3H3. The lowest BCUT2D eigenvalue weighted by atomic mass is 10.1. The van der Waals surface area contributed by atoms with E-state index in [1.807, 2.05) is 0 Å². The summed E-state index contributed by atoms with van der Waals surface area (Å²) >= 11 is 0. The van der Waals surface area contributed by atoms with Crippen LogP contribution >= 0.6 is 0 Å². The van der Waals surface area contributed by atoms with Crippen molar-refractivity contribution < 1.29 is 0 Å². The van der Waals surface area contributed by atoms with Crippen LogP contribution < -0.4 is 5.32 Å². The highest BCUT2D eigenvalue weighted by Gasteiger charge is 2.20. The average Bonchev–Trinajstić information content (AvgIpc) is 2.45. The van der Waals surface area contributed by atoms with Crippen molar-refractivity contribution in [3.05, 3.63) is 12.2 Å². The minimum Gasteiger partial charge on any atom is -0.316 e. The van der Waals surface area contributed by atoms with Crippen LogP contribution in [0.4, 0.5) is 0 Å².